The van der Waals surface area contributed by atoms with Crippen LogP contribution in [-0.2, 0) is 28.5 Å². The quantitative estimate of drug-likeness (QED) is 0.0655. The fourth-order valence-electron chi connectivity index (χ4n) is 3.00. The molecule has 1 aromatic rings. The number of nitrogens with one attached hydrogen (secondary N) is 2. The molecule has 12 nitrogen and oxygen atoms in total. The summed E-state index contributed by atoms with van der Waals surface area (Å²) in [5.41, 5.74) is 9.38. The summed E-state index contributed by atoms with van der Waals surface area (Å²) in [6.45, 7) is 10.9. The van der Waals surface area contributed by atoms with E-state index in [4.69, 9.17) is 29.2 Å². The fourth-order valence-corrected chi connectivity index (χ4v) is 3.00. The van der Waals surface area contributed by atoms with Gasteiger partial charge in [-0.15, -0.1) is 0 Å². The van der Waals surface area contributed by atoms with Gasteiger partial charge in [0, 0.05) is 29.8 Å². The second kappa shape index (κ2) is 22.6. The minimum absolute atomic E-state index is 0.0444. The highest BCUT2D eigenvalue weighted by Gasteiger charge is 2.10. The fraction of sp³-hybridized carbons (Fsp3) is 0.643. The van der Waals surface area contributed by atoms with Gasteiger partial charge in [-0.3, -0.25) is 9.59 Å². The van der Waals surface area contributed by atoms with Crippen LogP contribution in [0.15, 0.2) is 41.5 Å². The summed E-state index contributed by atoms with van der Waals surface area (Å²) < 4.78 is 27.4. The van der Waals surface area contributed by atoms with E-state index in [2.05, 4.69) is 48.4 Å². The monoisotopic (exact) mass is 563 g/mol. The minimum atomic E-state index is -0.895. The minimum Gasteiger partial charge on any atom is -0.491 e. The van der Waals surface area contributed by atoms with Gasteiger partial charge in [0.05, 0.1) is 39.5 Å². The number of carbonyl (C=O) groups excluding carboxylic acids is 2. The molecule has 1 unspecified atom stereocenters. The Bertz CT molecular complexity index is 920. The van der Waals surface area contributed by atoms with Crippen LogP contribution in [0.25, 0.3) is 10.4 Å². The summed E-state index contributed by atoms with van der Waals surface area (Å²) >= 11 is 0. The largest absolute Gasteiger partial charge is 0.491 e. The summed E-state index contributed by atoms with van der Waals surface area (Å²) in [6.07, 6.45) is 4.22. The van der Waals surface area contributed by atoms with Gasteiger partial charge >= 0.3 is 0 Å². The van der Waals surface area contributed by atoms with Crippen LogP contribution in [0.3, 0.4) is 0 Å². The molecule has 12 heteroatoms. The Kier molecular flexibility index (Phi) is 19.7. The van der Waals surface area contributed by atoms with Crippen LogP contribution in [0, 0.1) is 11.8 Å². The van der Waals surface area contributed by atoms with Gasteiger partial charge in [-0.05, 0) is 35.9 Å². The molecule has 1 rings (SSSR count). The van der Waals surface area contributed by atoms with Gasteiger partial charge in [-0.25, -0.2) is 0 Å². The van der Waals surface area contributed by atoms with E-state index < -0.39 is 6.23 Å². The SMILES string of the molecule is CC(C)/C=C/CNC(=O)COCCOC(COc1cccc(NC(=O)CCOCCOCCC(C)C)c1)N=[N+]=[N-]. The van der Waals surface area contributed by atoms with Crippen LogP contribution in [0.1, 0.15) is 40.5 Å². The van der Waals surface area contributed by atoms with Crippen molar-refractivity contribution >= 4 is 17.5 Å². The van der Waals surface area contributed by atoms with Gasteiger partial charge in [0.15, 0.2) is 6.23 Å². The first-order valence-corrected chi connectivity index (χ1v) is 13.6. The molecular weight excluding hydrogens is 518 g/mol. The van der Waals surface area contributed by atoms with E-state index in [0.29, 0.717) is 56.2 Å². The molecule has 0 aliphatic carbocycles. The van der Waals surface area contributed by atoms with E-state index in [1.165, 1.54) is 0 Å². The third-order valence-electron chi connectivity index (χ3n) is 5.08. The zero-order valence-corrected chi connectivity index (χ0v) is 24.2. The second-order valence-corrected chi connectivity index (χ2v) is 9.60. The summed E-state index contributed by atoms with van der Waals surface area (Å²) in [7, 11) is 0. The molecule has 1 aromatic carbocycles. The van der Waals surface area contributed by atoms with Crippen molar-refractivity contribution in [3.63, 3.8) is 0 Å². The van der Waals surface area contributed by atoms with Gasteiger partial charge in [-0.2, -0.15) is 0 Å². The van der Waals surface area contributed by atoms with Crippen LogP contribution in [0.2, 0.25) is 0 Å². The highest BCUT2D eigenvalue weighted by atomic mass is 16.6. The molecule has 40 heavy (non-hydrogen) atoms. The van der Waals surface area contributed by atoms with Crippen LogP contribution < -0.4 is 15.4 Å². The molecule has 0 heterocycles. The first-order valence-electron chi connectivity index (χ1n) is 13.6. The molecule has 0 aliphatic heterocycles. The number of allylic oxidation sites excluding steroid dienone is 1. The maximum atomic E-state index is 12.2. The lowest BCUT2D eigenvalue weighted by Crippen LogP contribution is -2.28. The van der Waals surface area contributed by atoms with E-state index in [1.807, 2.05) is 12.2 Å². The Morgan fingerprint density at radius 1 is 1.00 bits per heavy atom. The van der Waals surface area contributed by atoms with E-state index in [0.717, 1.165) is 6.42 Å². The third-order valence-corrected chi connectivity index (χ3v) is 5.08. The van der Waals surface area contributed by atoms with Gasteiger partial charge in [0.25, 0.3) is 0 Å². The Morgan fingerprint density at radius 2 is 1.75 bits per heavy atom. The number of ether oxygens (including phenoxy) is 5. The van der Waals surface area contributed by atoms with Crippen LogP contribution in [0.4, 0.5) is 5.69 Å². The molecule has 0 saturated carbocycles. The lowest BCUT2D eigenvalue weighted by Gasteiger charge is -2.15. The molecular formula is C28H45N5O7. The number of anilines is 1. The number of amides is 2. The molecule has 0 spiro atoms. The van der Waals surface area contributed by atoms with Gasteiger partial charge in [0.2, 0.25) is 11.8 Å². The van der Waals surface area contributed by atoms with Crippen molar-refractivity contribution in [2.45, 2.75) is 46.8 Å². The Hall–Kier alpha value is -3.15. The van der Waals surface area contributed by atoms with E-state index in [-0.39, 0.29) is 44.7 Å². The normalized spacial score (nSPS) is 11.9. The van der Waals surface area contributed by atoms with E-state index in [9.17, 15) is 9.59 Å². The van der Waals surface area contributed by atoms with Crippen molar-refractivity contribution in [3.05, 3.63) is 46.9 Å². The Balaban J connectivity index is 2.27. The van der Waals surface area contributed by atoms with Crippen molar-refractivity contribution in [2.75, 3.05) is 64.7 Å². The summed E-state index contributed by atoms with van der Waals surface area (Å²) in [4.78, 5) is 26.7. The van der Waals surface area contributed by atoms with E-state index >= 15 is 0 Å². The zero-order valence-electron chi connectivity index (χ0n) is 24.2. The summed E-state index contributed by atoms with van der Waals surface area (Å²) in [5, 5.41) is 9.10. The molecule has 224 valence electrons. The molecule has 0 aromatic heterocycles. The summed E-state index contributed by atoms with van der Waals surface area (Å²) in [6, 6.07) is 6.84. The van der Waals surface area contributed by atoms with Crippen LogP contribution in [-0.4, -0.2) is 77.4 Å². The number of rotatable bonds is 23. The van der Waals surface area contributed by atoms with Gasteiger partial charge in [0.1, 0.15) is 19.0 Å². The number of hydrogen-bond acceptors (Lipinski definition) is 8. The lowest BCUT2D eigenvalue weighted by molar-refractivity contribution is -0.126. The van der Waals surface area contributed by atoms with Crippen molar-refractivity contribution in [2.24, 2.45) is 17.0 Å². The van der Waals surface area contributed by atoms with Crippen molar-refractivity contribution in [1.82, 2.24) is 5.32 Å². The number of carbonyl (C=O) groups is 2. The number of hydrogen-bond donors (Lipinski definition) is 2. The zero-order chi connectivity index (χ0) is 29.4. The second-order valence-electron chi connectivity index (χ2n) is 9.60. The van der Waals surface area contributed by atoms with Crippen molar-refractivity contribution < 1.29 is 33.3 Å². The smallest absolute Gasteiger partial charge is 0.246 e. The highest BCUT2D eigenvalue weighted by molar-refractivity contribution is 5.90. The van der Waals surface area contributed by atoms with Gasteiger partial charge in [-0.1, -0.05) is 51.0 Å². The molecule has 1 atom stereocenters. The maximum Gasteiger partial charge on any atom is 0.246 e. The standard InChI is InChI=1S/C28H45N5O7/c1-22(2)7-6-12-30-27(35)20-38-17-18-39-28(32-33-29)21-40-25-9-5-8-24(19-25)31-26(34)11-14-37-16-15-36-13-10-23(3)4/h5-9,19,22-23,28H,10-18,20-21H2,1-4H3,(H,30,35)(H,31,34)/b7-6+. The molecule has 0 fully saturated rings. The van der Waals surface area contributed by atoms with Crippen molar-refractivity contribution in [3.8, 4) is 5.75 Å². The molecule has 0 aliphatic rings. The third kappa shape index (κ3) is 19.9. The predicted molar refractivity (Wildman–Crippen MR) is 153 cm³/mol. The summed E-state index contributed by atoms with van der Waals surface area (Å²) in [5.74, 6) is 1.08. The molecule has 0 saturated heterocycles. The maximum absolute atomic E-state index is 12.2. The van der Waals surface area contributed by atoms with Crippen LogP contribution in [0.5, 0.6) is 5.75 Å². The average Bonchev–Trinajstić information content (AvgIpc) is 2.91. The topological polar surface area (TPSA) is 153 Å². The molecule has 2 N–H and O–H groups in total. The Labute approximate surface area is 237 Å². The molecule has 0 bridgehead atoms. The predicted octanol–water partition coefficient (Wildman–Crippen LogP) is 4.47. The molecule has 0 radical (unpaired) electrons. The highest BCUT2D eigenvalue weighted by Crippen LogP contribution is 2.18. The first-order chi connectivity index (χ1) is 19.3. The van der Waals surface area contributed by atoms with Crippen molar-refractivity contribution in [1.29, 1.82) is 0 Å². The number of nitrogens with zero attached hydrogens (tertiary/aromatic N) is 3. The van der Waals surface area contributed by atoms with Crippen LogP contribution >= 0.6 is 0 Å². The number of azide groups is 1. The molecule has 2 amide bonds. The number of benzene rings is 1. The van der Waals surface area contributed by atoms with E-state index in [1.54, 1.807) is 24.3 Å². The average molecular weight is 564 g/mol. The van der Waals surface area contributed by atoms with Gasteiger partial charge < -0.3 is 34.3 Å². The lowest BCUT2D eigenvalue weighted by atomic mass is 10.1. The first kappa shape index (κ1) is 34.9. The Morgan fingerprint density at radius 3 is 2.48 bits per heavy atom.